The fraction of sp³-hybridized carbons (Fsp3) is 0.500. The molecule has 2 rings (SSSR count). The first-order valence-corrected chi connectivity index (χ1v) is 5.42. The second kappa shape index (κ2) is 4.11. The Morgan fingerprint density at radius 2 is 2.20 bits per heavy atom. The van der Waals surface area contributed by atoms with Crippen molar-refractivity contribution in [3.63, 3.8) is 0 Å². The van der Waals surface area contributed by atoms with E-state index in [4.69, 9.17) is 5.73 Å². The van der Waals surface area contributed by atoms with Crippen LogP contribution in [0.4, 0.5) is 0 Å². The zero-order valence-electron chi connectivity index (χ0n) is 8.78. The lowest BCUT2D eigenvalue weighted by molar-refractivity contribution is 0.0952. The van der Waals surface area contributed by atoms with E-state index in [1.807, 2.05) is 0 Å². The Hall–Kier alpha value is -1.22. The van der Waals surface area contributed by atoms with Crippen molar-refractivity contribution < 1.29 is 4.79 Å². The Balaban J connectivity index is 2.04. The Morgan fingerprint density at radius 3 is 2.80 bits per heavy atom. The molecular weight excluding hydrogens is 188 g/mol. The molecule has 0 spiro atoms. The first kappa shape index (κ1) is 10.3. The molecule has 0 saturated heterocycles. The molecule has 0 unspecified atom stereocenters. The van der Waals surface area contributed by atoms with E-state index < -0.39 is 0 Å². The van der Waals surface area contributed by atoms with Gasteiger partial charge in [-0.05, 0) is 25.0 Å². The van der Waals surface area contributed by atoms with E-state index in [1.54, 1.807) is 24.5 Å². The zero-order valence-corrected chi connectivity index (χ0v) is 8.78. The molecule has 0 atom stereocenters. The third-order valence-electron chi connectivity index (χ3n) is 3.10. The molecule has 3 heteroatoms. The zero-order chi connectivity index (χ0) is 10.7. The molecule has 2 N–H and O–H groups in total. The van der Waals surface area contributed by atoms with Gasteiger partial charge in [0, 0.05) is 29.9 Å². The first-order chi connectivity index (χ1) is 7.20. The van der Waals surface area contributed by atoms with Gasteiger partial charge in [-0.2, -0.15) is 0 Å². The van der Waals surface area contributed by atoms with Crippen molar-refractivity contribution >= 4 is 5.78 Å². The Kier molecular flexibility index (Phi) is 2.82. The van der Waals surface area contributed by atoms with Crippen molar-refractivity contribution in [2.75, 3.05) is 0 Å². The minimum atomic E-state index is -0.257. The maximum atomic E-state index is 11.9. The Bertz CT molecular complexity index is 342. The van der Waals surface area contributed by atoms with Crippen LogP contribution in [-0.2, 0) is 0 Å². The van der Waals surface area contributed by atoms with Crippen molar-refractivity contribution in [3.8, 4) is 0 Å². The summed E-state index contributed by atoms with van der Waals surface area (Å²) in [6.45, 7) is 0. The van der Waals surface area contributed by atoms with Crippen LogP contribution in [0.1, 0.15) is 42.5 Å². The summed E-state index contributed by atoms with van der Waals surface area (Å²) in [5.74, 6) is 0.118. The van der Waals surface area contributed by atoms with Crippen LogP contribution in [0.25, 0.3) is 0 Å². The fourth-order valence-corrected chi connectivity index (χ4v) is 2.21. The van der Waals surface area contributed by atoms with Gasteiger partial charge in [0.05, 0.1) is 0 Å². The van der Waals surface area contributed by atoms with Gasteiger partial charge in [-0.3, -0.25) is 9.78 Å². The molecule has 0 amide bonds. The highest BCUT2D eigenvalue weighted by Gasteiger charge is 2.31. The van der Waals surface area contributed by atoms with E-state index in [9.17, 15) is 4.79 Å². The van der Waals surface area contributed by atoms with Crippen molar-refractivity contribution in [2.24, 2.45) is 5.73 Å². The topological polar surface area (TPSA) is 56.0 Å². The third-order valence-corrected chi connectivity index (χ3v) is 3.10. The molecular formula is C12H16N2O. The summed E-state index contributed by atoms with van der Waals surface area (Å²) in [6.07, 6.45) is 7.98. The van der Waals surface area contributed by atoms with Gasteiger partial charge in [0.2, 0.25) is 0 Å². The first-order valence-electron chi connectivity index (χ1n) is 5.42. The van der Waals surface area contributed by atoms with Crippen LogP contribution >= 0.6 is 0 Å². The number of aromatic nitrogens is 1. The smallest absolute Gasteiger partial charge is 0.166 e. The van der Waals surface area contributed by atoms with E-state index >= 15 is 0 Å². The highest BCUT2D eigenvalue weighted by Crippen LogP contribution is 2.30. The van der Waals surface area contributed by atoms with Gasteiger partial charge in [-0.1, -0.05) is 12.8 Å². The molecule has 1 heterocycles. The monoisotopic (exact) mass is 204 g/mol. The van der Waals surface area contributed by atoms with Crippen molar-refractivity contribution in [3.05, 3.63) is 30.1 Å². The number of hydrogen-bond donors (Lipinski definition) is 1. The standard InChI is InChI=1S/C12H16N2O/c13-12(5-1-2-6-12)8-11(15)10-4-3-7-14-9-10/h3-4,7,9H,1-2,5-6,8,13H2. The summed E-state index contributed by atoms with van der Waals surface area (Å²) in [5.41, 5.74) is 6.57. The third kappa shape index (κ3) is 2.42. The molecule has 15 heavy (non-hydrogen) atoms. The number of rotatable bonds is 3. The maximum absolute atomic E-state index is 11.9. The Labute approximate surface area is 89.7 Å². The number of carbonyl (C=O) groups is 1. The summed E-state index contributed by atoms with van der Waals surface area (Å²) in [7, 11) is 0. The molecule has 1 saturated carbocycles. The van der Waals surface area contributed by atoms with Crippen molar-refractivity contribution in [1.29, 1.82) is 0 Å². The second-order valence-electron chi connectivity index (χ2n) is 4.41. The summed E-state index contributed by atoms with van der Waals surface area (Å²) in [4.78, 5) is 15.8. The fourth-order valence-electron chi connectivity index (χ4n) is 2.21. The number of nitrogens with zero attached hydrogens (tertiary/aromatic N) is 1. The Morgan fingerprint density at radius 1 is 1.47 bits per heavy atom. The average Bonchev–Trinajstić information content (AvgIpc) is 2.66. The molecule has 1 aromatic heterocycles. The molecule has 1 fully saturated rings. The van der Waals surface area contributed by atoms with Crippen molar-refractivity contribution in [1.82, 2.24) is 4.98 Å². The molecule has 80 valence electrons. The summed E-state index contributed by atoms with van der Waals surface area (Å²) >= 11 is 0. The highest BCUT2D eigenvalue weighted by atomic mass is 16.1. The van der Waals surface area contributed by atoms with Gasteiger partial charge in [-0.25, -0.2) is 0 Å². The predicted octanol–water partition coefficient (Wildman–Crippen LogP) is 1.93. The number of Topliss-reactive ketones (excluding diaryl/α,β-unsaturated/α-hetero) is 1. The van der Waals surface area contributed by atoms with Gasteiger partial charge in [0.15, 0.2) is 5.78 Å². The summed E-state index contributed by atoms with van der Waals surface area (Å²) in [5, 5.41) is 0. The molecule has 0 aromatic carbocycles. The number of hydrogen-bond acceptors (Lipinski definition) is 3. The number of pyridine rings is 1. The van der Waals surface area contributed by atoms with E-state index in [0.29, 0.717) is 12.0 Å². The quantitative estimate of drug-likeness (QED) is 0.765. The van der Waals surface area contributed by atoms with Crippen molar-refractivity contribution in [2.45, 2.75) is 37.6 Å². The van der Waals surface area contributed by atoms with E-state index in [1.165, 1.54) is 0 Å². The van der Waals surface area contributed by atoms with Crippen LogP contribution in [0.15, 0.2) is 24.5 Å². The second-order valence-corrected chi connectivity index (χ2v) is 4.41. The minimum Gasteiger partial charge on any atom is -0.325 e. The lowest BCUT2D eigenvalue weighted by Crippen LogP contribution is -2.38. The van der Waals surface area contributed by atoms with Gasteiger partial charge in [-0.15, -0.1) is 0 Å². The van der Waals surface area contributed by atoms with Crippen LogP contribution in [0.5, 0.6) is 0 Å². The molecule has 1 aliphatic carbocycles. The van der Waals surface area contributed by atoms with E-state index in [2.05, 4.69) is 4.98 Å². The highest BCUT2D eigenvalue weighted by molar-refractivity contribution is 5.96. The van der Waals surface area contributed by atoms with Crippen LogP contribution in [0.2, 0.25) is 0 Å². The van der Waals surface area contributed by atoms with Crippen LogP contribution in [0.3, 0.4) is 0 Å². The number of nitrogens with two attached hydrogens (primary N) is 1. The van der Waals surface area contributed by atoms with Gasteiger partial charge >= 0.3 is 0 Å². The molecule has 0 radical (unpaired) electrons. The van der Waals surface area contributed by atoms with Crippen LogP contribution in [-0.4, -0.2) is 16.3 Å². The van der Waals surface area contributed by atoms with Gasteiger partial charge in [0.25, 0.3) is 0 Å². The molecule has 0 aliphatic heterocycles. The van der Waals surface area contributed by atoms with Gasteiger partial charge in [0.1, 0.15) is 0 Å². The molecule has 3 nitrogen and oxygen atoms in total. The molecule has 1 aromatic rings. The lowest BCUT2D eigenvalue weighted by Gasteiger charge is -2.22. The molecule has 0 bridgehead atoms. The number of ketones is 1. The molecule has 1 aliphatic rings. The lowest BCUT2D eigenvalue weighted by atomic mass is 9.90. The average molecular weight is 204 g/mol. The maximum Gasteiger partial charge on any atom is 0.166 e. The van der Waals surface area contributed by atoms with E-state index in [-0.39, 0.29) is 11.3 Å². The summed E-state index contributed by atoms with van der Waals surface area (Å²) < 4.78 is 0. The summed E-state index contributed by atoms with van der Waals surface area (Å²) in [6, 6.07) is 3.58. The minimum absolute atomic E-state index is 0.118. The largest absolute Gasteiger partial charge is 0.325 e. The van der Waals surface area contributed by atoms with Crippen LogP contribution in [0, 0.1) is 0 Å². The normalized spacial score (nSPS) is 19.0. The van der Waals surface area contributed by atoms with Gasteiger partial charge < -0.3 is 5.73 Å². The van der Waals surface area contributed by atoms with Crippen LogP contribution < -0.4 is 5.73 Å². The predicted molar refractivity (Wildman–Crippen MR) is 58.6 cm³/mol. The SMILES string of the molecule is NC1(CC(=O)c2cccnc2)CCCC1. The van der Waals surface area contributed by atoms with E-state index in [0.717, 1.165) is 25.7 Å². The number of carbonyl (C=O) groups excluding carboxylic acids is 1.